The lowest BCUT2D eigenvalue weighted by Gasteiger charge is -2.30. The first-order chi connectivity index (χ1) is 14.7. The summed E-state index contributed by atoms with van der Waals surface area (Å²) in [6.45, 7) is 6.37. The molecule has 164 valence electrons. The van der Waals surface area contributed by atoms with Gasteiger partial charge < -0.3 is 5.32 Å². The van der Waals surface area contributed by atoms with Crippen molar-refractivity contribution in [3.63, 3.8) is 0 Å². The van der Waals surface area contributed by atoms with E-state index in [9.17, 15) is 13.2 Å². The highest BCUT2D eigenvalue weighted by atomic mass is 32.2. The van der Waals surface area contributed by atoms with Crippen LogP contribution in [0.5, 0.6) is 0 Å². The number of nitrogens with zero attached hydrogens (tertiary/aromatic N) is 4. The maximum atomic E-state index is 12.9. The van der Waals surface area contributed by atoms with Crippen molar-refractivity contribution in [2.24, 2.45) is 5.92 Å². The number of amides is 1. The monoisotopic (exact) mass is 459 g/mol. The number of aryl methyl sites for hydroxylation is 3. The Balaban J connectivity index is 1.43. The van der Waals surface area contributed by atoms with E-state index in [0.717, 1.165) is 16.3 Å². The van der Waals surface area contributed by atoms with Gasteiger partial charge in [0, 0.05) is 23.7 Å². The zero-order valence-corrected chi connectivity index (χ0v) is 19.3. The van der Waals surface area contributed by atoms with Crippen LogP contribution in [-0.2, 0) is 14.8 Å². The minimum Gasteiger partial charge on any atom is -0.324 e. The summed E-state index contributed by atoms with van der Waals surface area (Å²) in [5.41, 5.74) is 2.46. The Morgan fingerprint density at radius 2 is 2.00 bits per heavy atom. The van der Waals surface area contributed by atoms with E-state index < -0.39 is 15.9 Å². The van der Waals surface area contributed by atoms with Crippen molar-refractivity contribution in [1.82, 2.24) is 19.1 Å². The molecule has 10 heteroatoms. The van der Waals surface area contributed by atoms with Gasteiger partial charge in [0.15, 0.2) is 5.82 Å². The maximum absolute atomic E-state index is 12.9. The number of hydrogen-bond acceptors (Lipinski definition) is 6. The van der Waals surface area contributed by atoms with Crippen molar-refractivity contribution in [3.05, 3.63) is 52.8 Å². The van der Waals surface area contributed by atoms with E-state index in [1.165, 1.54) is 15.6 Å². The van der Waals surface area contributed by atoms with E-state index in [0.29, 0.717) is 35.1 Å². The second-order valence-electron chi connectivity index (χ2n) is 7.80. The second kappa shape index (κ2) is 8.52. The number of piperidine rings is 1. The van der Waals surface area contributed by atoms with Gasteiger partial charge in [0.25, 0.3) is 10.0 Å². The van der Waals surface area contributed by atoms with Gasteiger partial charge in [0.2, 0.25) is 5.91 Å². The highest BCUT2D eigenvalue weighted by Crippen LogP contribution is 2.28. The summed E-state index contributed by atoms with van der Waals surface area (Å²) in [7, 11) is -3.57. The van der Waals surface area contributed by atoms with E-state index in [2.05, 4.69) is 15.4 Å². The molecular formula is C21H25N5O3S2. The Bertz CT molecular complexity index is 1200. The SMILES string of the molecule is Cc1cc(C)n(-c2ccc(NC(=O)C3CCCN(S(=O)(=O)c4ccc(C)s4)C3)cn2)n1. The first kappa shape index (κ1) is 21.7. The van der Waals surface area contributed by atoms with Crippen LogP contribution in [0.3, 0.4) is 0 Å². The van der Waals surface area contributed by atoms with Gasteiger partial charge in [-0.25, -0.2) is 18.1 Å². The maximum Gasteiger partial charge on any atom is 0.252 e. The van der Waals surface area contributed by atoms with E-state index in [4.69, 9.17) is 0 Å². The molecule has 1 saturated heterocycles. The van der Waals surface area contributed by atoms with Crippen LogP contribution in [-0.4, -0.2) is 46.5 Å². The molecule has 0 bridgehead atoms. The fraction of sp³-hybridized carbons (Fsp3) is 0.381. The van der Waals surface area contributed by atoms with E-state index in [1.54, 1.807) is 35.1 Å². The van der Waals surface area contributed by atoms with Crippen LogP contribution >= 0.6 is 11.3 Å². The third-order valence-electron chi connectivity index (χ3n) is 5.31. The molecule has 1 fully saturated rings. The number of nitrogens with one attached hydrogen (secondary N) is 1. The summed E-state index contributed by atoms with van der Waals surface area (Å²) in [6, 6.07) is 8.98. The van der Waals surface area contributed by atoms with Crippen molar-refractivity contribution in [2.45, 2.75) is 37.8 Å². The zero-order valence-electron chi connectivity index (χ0n) is 17.7. The Morgan fingerprint density at radius 3 is 2.61 bits per heavy atom. The summed E-state index contributed by atoms with van der Waals surface area (Å²) in [5.74, 6) is 0.0768. The Labute approximate surface area is 186 Å². The van der Waals surface area contributed by atoms with Crippen LogP contribution < -0.4 is 5.32 Å². The Morgan fingerprint density at radius 1 is 1.19 bits per heavy atom. The summed E-state index contributed by atoms with van der Waals surface area (Å²) < 4.78 is 29.3. The minimum atomic E-state index is -3.57. The van der Waals surface area contributed by atoms with Gasteiger partial charge in [-0.2, -0.15) is 9.40 Å². The van der Waals surface area contributed by atoms with E-state index >= 15 is 0 Å². The molecule has 0 saturated carbocycles. The van der Waals surface area contributed by atoms with Crippen LogP contribution in [0.1, 0.15) is 29.1 Å². The number of rotatable bonds is 5. The fourth-order valence-electron chi connectivity index (χ4n) is 3.74. The molecule has 3 aromatic rings. The van der Waals surface area contributed by atoms with Crippen LogP contribution in [0, 0.1) is 26.7 Å². The third-order valence-corrected chi connectivity index (χ3v) is 8.64. The Hall–Kier alpha value is -2.56. The first-order valence-corrected chi connectivity index (χ1v) is 12.4. The summed E-state index contributed by atoms with van der Waals surface area (Å²) >= 11 is 1.26. The van der Waals surface area contributed by atoms with Crippen molar-refractivity contribution in [2.75, 3.05) is 18.4 Å². The molecule has 1 N–H and O–H groups in total. The van der Waals surface area contributed by atoms with Gasteiger partial charge in [-0.1, -0.05) is 0 Å². The number of anilines is 1. The molecule has 31 heavy (non-hydrogen) atoms. The molecule has 0 radical (unpaired) electrons. The molecule has 0 aromatic carbocycles. The van der Waals surface area contributed by atoms with Crippen molar-refractivity contribution in [3.8, 4) is 5.82 Å². The predicted octanol–water partition coefficient (Wildman–Crippen LogP) is 3.29. The van der Waals surface area contributed by atoms with E-state index in [-0.39, 0.29) is 12.5 Å². The number of carbonyl (C=O) groups is 1. The van der Waals surface area contributed by atoms with Crippen molar-refractivity contribution >= 4 is 33.0 Å². The molecule has 3 aromatic heterocycles. The van der Waals surface area contributed by atoms with Crippen LogP contribution in [0.4, 0.5) is 5.69 Å². The minimum absolute atomic E-state index is 0.183. The van der Waals surface area contributed by atoms with Gasteiger partial charge in [0.1, 0.15) is 4.21 Å². The number of aromatic nitrogens is 3. The number of sulfonamides is 1. The largest absolute Gasteiger partial charge is 0.324 e. The lowest BCUT2D eigenvalue weighted by molar-refractivity contribution is -0.120. The highest BCUT2D eigenvalue weighted by Gasteiger charge is 2.34. The fourth-order valence-corrected chi connectivity index (χ4v) is 6.70. The molecule has 0 spiro atoms. The van der Waals surface area contributed by atoms with Gasteiger partial charge in [-0.3, -0.25) is 4.79 Å². The molecule has 1 aliphatic rings. The number of hydrogen-bond donors (Lipinski definition) is 1. The van der Waals surface area contributed by atoms with Gasteiger partial charge in [-0.15, -0.1) is 11.3 Å². The molecule has 1 unspecified atom stereocenters. The van der Waals surface area contributed by atoms with Gasteiger partial charge >= 0.3 is 0 Å². The predicted molar refractivity (Wildman–Crippen MR) is 120 cm³/mol. The molecule has 1 atom stereocenters. The molecule has 1 aliphatic heterocycles. The van der Waals surface area contributed by atoms with E-state index in [1.807, 2.05) is 26.8 Å². The molecule has 1 amide bonds. The van der Waals surface area contributed by atoms with Crippen LogP contribution in [0.2, 0.25) is 0 Å². The van der Waals surface area contributed by atoms with Crippen molar-refractivity contribution in [1.29, 1.82) is 0 Å². The number of thiophene rings is 1. The molecule has 4 rings (SSSR count). The normalized spacial score (nSPS) is 17.6. The lowest BCUT2D eigenvalue weighted by Crippen LogP contribution is -2.43. The smallest absolute Gasteiger partial charge is 0.252 e. The number of pyridine rings is 1. The Kier molecular flexibility index (Phi) is 5.96. The van der Waals surface area contributed by atoms with Gasteiger partial charge in [0.05, 0.1) is 23.5 Å². The lowest BCUT2D eigenvalue weighted by atomic mass is 9.99. The summed E-state index contributed by atoms with van der Waals surface area (Å²) in [6.07, 6.45) is 2.89. The quantitative estimate of drug-likeness (QED) is 0.631. The molecule has 4 heterocycles. The van der Waals surface area contributed by atoms with Crippen LogP contribution in [0.15, 0.2) is 40.7 Å². The summed E-state index contributed by atoms with van der Waals surface area (Å²) in [4.78, 5) is 18.2. The molecule has 8 nitrogen and oxygen atoms in total. The highest BCUT2D eigenvalue weighted by molar-refractivity contribution is 7.91. The van der Waals surface area contributed by atoms with Gasteiger partial charge in [-0.05, 0) is 63.9 Å². The standard InChI is InChI=1S/C21H25N5O3S2/c1-14-11-15(2)26(24-14)19-8-7-18(12-22-19)23-21(27)17-5-4-10-25(13-17)31(28,29)20-9-6-16(3)30-20/h6-9,11-12,17H,4-5,10,13H2,1-3H3,(H,23,27). The molecule has 0 aliphatic carbocycles. The first-order valence-electron chi connectivity index (χ1n) is 10.1. The average Bonchev–Trinajstić information content (AvgIpc) is 3.34. The van der Waals surface area contributed by atoms with Crippen molar-refractivity contribution < 1.29 is 13.2 Å². The second-order valence-corrected chi connectivity index (χ2v) is 11.3. The van der Waals surface area contributed by atoms with Crippen LogP contribution in [0.25, 0.3) is 5.82 Å². The topological polar surface area (TPSA) is 97.2 Å². The average molecular weight is 460 g/mol. The zero-order chi connectivity index (χ0) is 22.2. The third kappa shape index (κ3) is 4.56. The number of carbonyl (C=O) groups excluding carboxylic acids is 1. The summed E-state index contributed by atoms with van der Waals surface area (Å²) in [5, 5.41) is 7.28. The molecular weight excluding hydrogens is 434 g/mol.